The van der Waals surface area contributed by atoms with E-state index in [4.69, 9.17) is 4.74 Å². The molecule has 1 amide bonds. The second kappa shape index (κ2) is 11.3. The summed E-state index contributed by atoms with van der Waals surface area (Å²) >= 11 is 0. The molecule has 0 atom stereocenters. The van der Waals surface area contributed by atoms with E-state index in [2.05, 4.69) is 20.9 Å². The minimum atomic E-state index is -1.63. The zero-order chi connectivity index (χ0) is 18.7. The first-order chi connectivity index (χ1) is 12.0. The Morgan fingerprint density at radius 2 is 1.92 bits per heavy atom. The molecule has 0 radical (unpaired) electrons. The number of amides is 1. The molecule has 1 aromatic carbocycles. The van der Waals surface area contributed by atoms with Gasteiger partial charge in [0.05, 0.1) is 5.69 Å². The topological polar surface area (TPSA) is 74.8 Å². The highest BCUT2D eigenvalue weighted by atomic mass is 19.2. The molecule has 1 rings (SSSR count). The molecule has 0 saturated carbocycles. The van der Waals surface area contributed by atoms with Gasteiger partial charge in [-0.3, -0.25) is 4.79 Å². The average Bonchev–Trinajstić information content (AvgIpc) is 2.60. The van der Waals surface area contributed by atoms with Crippen LogP contribution in [0.4, 0.5) is 18.9 Å². The van der Waals surface area contributed by atoms with Crippen LogP contribution < -0.4 is 16.0 Å². The predicted octanol–water partition coefficient (Wildman–Crippen LogP) is 2.02. The van der Waals surface area contributed by atoms with Crippen molar-refractivity contribution < 1.29 is 22.7 Å². The summed E-state index contributed by atoms with van der Waals surface area (Å²) in [7, 11) is 0. The van der Waals surface area contributed by atoms with Gasteiger partial charge in [-0.2, -0.15) is 0 Å². The van der Waals surface area contributed by atoms with E-state index in [1.165, 1.54) is 0 Å². The van der Waals surface area contributed by atoms with Crippen molar-refractivity contribution in [1.29, 1.82) is 0 Å². The van der Waals surface area contributed by atoms with Crippen molar-refractivity contribution >= 4 is 17.6 Å². The van der Waals surface area contributed by atoms with Gasteiger partial charge in [-0.05, 0) is 32.4 Å². The van der Waals surface area contributed by atoms with Gasteiger partial charge in [0.2, 0.25) is 5.91 Å². The van der Waals surface area contributed by atoms with Crippen LogP contribution in [0, 0.1) is 17.5 Å². The first-order valence-electron chi connectivity index (χ1n) is 8.02. The first kappa shape index (κ1) is 20.8. The lowest BCUT2D eigenvalue weighted by Gasteiger charge is -2.11. The molecule has 0 aliphatic heterocycles. The van der Waals surface area contributed by atoms with Gasteiger partial charge in [0.25, 0.3) is 0 Å². The number of guanidine groups is 1. The molecular weight excluding hydrogens is 337 g/mol. The molecule has 140 valence electrons. The minimum absolute atomic E-state index is 0.306. The summed E-state index contributed by atoms with van der Waals surface area (Å²) in [6.45, 7) is 5.93. The van der Waals surface area contributed by atoms with Gasteiger partial charge in [-0.15, -0.1) is 0 Å². The zero-order valence-electron chi connectivity index (χ0n) is 14.3. The predicted molar refractivity (Wildman–Crippen MR) is 90.0 cm³/mol. The third-order valence-corrected chi connectivity index (χ3v) is 3.00. The third kappa shape index (κ3) is 7.42. The molecule has 6 nitrogen and oxygen atoms in total. The second-order valence-electron chi connectivity index (χ2n) is 4.94. The number of ether oxygens (including phenoxy) is 1. The highest BCUT2D eigenvalue weighted by Gasteiger charge is 2.15. The van der Waals surface area contributed by atoms with E-state index in [0.717, 1.165) is 18.6 Å². The Morgan fingerprint density at radius 3 is 2.60 bits per heavy atom. The Hall–Kier alpha value is -2.29. The van der Waals surface area contributed by atoms with E-state index in [9.17, 15) is 18.0 Å². The van der Waals surface area contributed by atoms with Crippen molar-refractivity contribution in [2.24, 2.45) is 4.99 Å². The second-order valence-corrected chi connectivity index (χ2v) is 4.94. The number of aliphatic imine (C=N–C) groups is 1. The van der Waals surface area contributed by atoms with E-state index < -0.39 is 29.0 Å². The fourth-order valence-corrected chi connectivity index (χ4v) is 1.83. The van der Waals surface area contributed by atoms with Crippen molar-refractivity contribution in [3.05, 3.63) is 29.6 Å². The average molecular weight is 360 g/mol. The van der Waals surface area contributed by atoms with Crippen molar-refractivity contribution in [1.82, 2.24) is 10.6 Å². The van der Waals surface area contributed by atoms with Gasteiger partial charge >= 0.3 is 0 Å². The van der Waals surface area contributed by atoms with Crippen molar-refractivity contribution in [3.63, 3.8) is 0 Å². The molecule has 0 aromatic heterocycles. The Kier molecular flexibility index (Phi) is 9.38. The number of anilines is 1. The molecule has 0 unspecified atom stereocenters. The summed E-state index contributed by atoms with van der Waals surface area (Å²) in [5, 5.41) is 8.13. The maximum atomic E-state index is 13.5. The fourth-order valence-electron chi connectivity index (χ4n) is 1.83. The number of hydrogen-bond donors (Lipinski definition) is 3. The van der Waals surface area contributed by atoms with Gasteiger partial charge in [-0.1, -0.05) is 0 Å². The van der Waals surface area contributed by atoms with Crippen LogP contribution in [-0.4, -0.2) is 44.7 Å². The largest absolute Gasteiger partial charge is 0.382 e. The monoisotopic (exact) mass is 360 g/mol. The normalized spacial score (nSPS) is 11.3. The quantitative estimate of drug-likeness (QED) is 0.273. The summed E-state index contributed by atoms with van der Waals surface area (Å²) in [5.74, 6) is -4.64. The van der Waals surface area contributed by atoms with E-state index in [1.807, 2.05) is 13.8 Å². The lowest BCUT2D eigenvalue weighted by Crippen LogP contribution is -2.38. The molecule has 0 aliphatic carbocycles. The lowest BCUT2D eigenvalue weighted by atomic mass is 10.3. The molecule has 25 heavy (non-hydrogen) atoms. The molecule has 0 spiro atoms. The molecule has 1 aromatic rings. The lowest BCUT2D eigenvalue weighted by molar-refractivity contribution is -0.114. The molecule has 3 N–H and O–H groups in total. The van der Waals surface area contributed by atoms with Crippen LogP contribution in [0.25, 0.3) is 0 Å². The number of benzene rings is 1. The molecule has 0 bridgehead atoms. The molecule has 9 heteroatoms. The maximum absolute atomic E-state index is 13.5. The molecular formula is C16H23F3N4O2. The number of nitrogens with one attached hydrogen (secondary N) is 3. The van der Waals surface area contributed by atoms with Gasteiger partial charge < -0.3 is 20.7 Å². The highest BCUT2D eigenvalue weighted by molar-refractivity contribution is 5.94. The fraction of sp³-hybridized carbons (Fsp3) is 0.500. The van der Waals surface area contributed by atoms with E-state index in [-0.39, 0.29) is 6.54 Å². The summed E-state index contributed by atoms with van der Waals surface area (Å²) in [4.78, 5) is 15.9. The van der Waals surface area contributed by atoms with Gasteiger partial charge in [0.1, 0.15) is 6.54 Å². The molecule has 0 heterocycles. The van der Waals surface area contributed by atoms with Crippen molar-refractivity contribution in [3.8, 4) is 0 Å². The van der Waals surface area contributed by atoms with E-state index in [1.54, 1.807) is 0 Å². The summed E-state index contributed by atoms with van der Waals surface area (Å²) < 4.78 is 44.7. The van der Waals surface area contributed by atoms with Crippen LogP contribution in [0.15, 0.2) is 17.1 Å². The Labute approximate surface area is 144 Å². The summed E-state index contributed by atoms with van der Waals surface area (Å²) in [6.07, 6.45) is 0.768. The van der Waals surface area contributed by atoms with Gasteiger partial charge in [0, 0.05) is 26.3 Å². The standard InChI is InChI=1S/C16H23F3N4O2/c1-3-20-16(21-8-5-9-25-4-2)22-10-13(24)23-12-7-6-11(17)14(18)15(12)19/h6-7H,3-5,8-10H2,1-2H3,(H,23,24)(H2,20,21,22). The number of rotatable bonds is 9. The van der Waals surface area contributed by atoms with Crippen LogP contribution in [0.3, 0.4) is 0 Å². The van der Waals surface area contributed by atoms with Crippen LogP contribution in [0.1, 0.15) is 20.3 Å². The van der Waals surface area contributed by atoms with E-state index in [0.29, 0.717) is 32.3 Å². The number of carbonyl (C=O) groups excluding carboxylic acids is 1. The third-order valence-electron chi connectivity index (χ3n) is 3.00. The van der Waals surface area contributed by atoms with Crippen LogP contribution in [0.5, 0.6) is 0 Å². The van der Waals surface area contributed by atoms with Crippen LogP contribution in [-0.2, 0) is 9.53 Å². The first-order valence-corrected chi connectivity index (χ1v) is 8.02. The van der Waals surface area contributed by atoms with Crippen LogP contribution >= 0.6 is 0 Å². The Bertz CT molecular complexity index is 597. The number of halogens is 3. The highest BCUT2D eigenvalue weighted by Crippen LogP contribution is 2.19. The Morgan fingerprint density at radius 1 is 1.16 bits per heavy atom. The smallest absolute Gasteiger partial charge is 0.246 e. The minimum Gasteiger partial charge on any atom is -0.382 e. The molecule has 0 aliphatic rings. The number of hydrogen-bond acceptors (Lipinski definition) is 3. The number of carbonyl (C=O) groups is 1. The molecule has 0 saturated heterocycles. The molecule has 0 fully saturated rings. The maximum Gasteiger partial charge on any atom is 0.246 e. The summed E-state index contributed by atoms with van der Waals surface area (Å²) in [6, 6.07) is 1.69. The SMILES string of the molecule is CCNC(=NCC(=O)Nc1ccc(F)c(F)c1F)NCCCOCC. The van der Waals surface area contributed by atoms with Gasteiger partial charge in [0.15, 0.2) is 23.4 Å². The van der Waals surface area contributed by atoms with E-state index >= 15 is 0 Å². The van der Waals surface area contributed by atoms with Gasteiger partial charge in [-0.25, -0.2) is 18.2 Å². The summed E-state index contributed by atoms with van der Waals surface area (Å²) in [5.41, 5.74) is -0.436. The van der Waals surface area contributed by atoms with Crippen molar-refractivity contribution in [2.75, 3.05) is 38.2 Å². The van der Waals surface area contributed by atoms with Crippen molar-refractivity contribution in [2.45, 2.75) is 20.3 Å². The number of nitrogens with zero attached hydrogens (tertiary/aromatic N) is 1. The van der Waals surface area contributed by atoms with Crippen LogP contribution in [0.2, 0.25) is 0 Å². The Balaban J connectivity index is 2.54. The zero-order valence-corrected chi connectivity index (χ0v) is 14.3.